The molecule has 0 bridgehead atoms. The van der Waals surface area contributed by atoms with Crippen molar-refractivity contribution >= 4 is 49.1 Å². The summed E-state index contributed by atoms with van der Waals surface area (Å²) in [6.07, 6.45) is 1.80. The lowest BCUT2D eigenvalue weighted by Crippen LogP contribution is -2.43. The molecule has 1 aliphatic carbocycles. The number of para-hydroxylation sites is 1. The first-order chi connectivity index (χ1) is 14.8. The van der Waals surface area contributed by atoms with E-state index >= 15 is 0 Å². The number of benzene rings is 2. The molecular weight excluding hydrogens is 491 g/mol. The quantitative estimate of drug-likeness (QED) is 0.256. The minimum atomic E-state index is -3.74. The molecular formula is C20H22BrFN4O4S. The number of aliphatic imine (C=N–C) groups is 1. The molecule has 1 saturated carbocycles. The number of Topliss-reactive ketones (excluding diaryl/α,β-unsaturated/α-hetero) is 1. The summed E-state index contributed by atoms with van der Waals surface area (Å²) in [6, 6.07) is 12.2. The van der Waals surface area contributed by atoms with Gasteiger partial charge in [-0.2, -0.15) is 13.1 Å². The maximum absolute atomic E-state index is 13.4. The molecule has 4 N–H and O–H groups in total. The van der Waals surface area contributed by atoms with Gasteiger partial charge in [0.15, 0.2) is 5.84 Å². The van der Waals surface area contributed by atoms with Crippen molar-refractivity contribution < 1.29 is 22.8 Å². The second-order valence-corrected chi connectivity index (χ2v) is 9.47. The van der Waals surface area contributed by atoms with Gasteiger partial charge < -0.3 is 0 Å². The van der Waals surface area contributed by atoms with Crippen molar-refractivity contribution in [1.29, 1.82) is 0 Å². The summed E-state index contributed by atoms with van der Waals surface area (Å²) in [4.78, 5) is 16.8. The number of hydrogen-bond donors (Lipinski definition) is 4. The van der Waals surface area contributed by atoms with Gasteiger partial charge in [-0.3, -0.25) is 14.7 Å². The fourth-order valence-electron chi connectivity index (χ4n) is 3.40. The second-order valence-electron chi connectivity index (χ2n) is 7.17. The highest BCUT2D eigenvalue weighted by atomic mass is 79.9. The lowest BCUT2D eigenvalue weighted by atomic mass is 9.83. The van der Waals surface area contributed by atoms with Gasteiger partial charge in [-0.25, -0.2) is 14.9 Å². The van der Waals surface area contributed by atoms with E-state index in [2.05, 4.69) is 30.4 Å². The number of amidine groups is 1. The third-order valence-electron chi connectivity index (χ3n) is 4.93. The number of carbonyl (C=O) groups is 1. The van der Waals surface area contributed by atoms with Crippen LogP contribution in [0.2, 0.25) is 0 Å². The molecule has 1 aliphatic rings. The lowest BCUT2D eigenvalue weighted by molar-refractivity contribution is -0.118. The molecule has 0 heterocycles. The van der Waals surface area contributed by atoms with Crippen LogP contribution < -0.4 is 14.9 Å². The van der Waals surface area contributed by atoms with Crippen molar-refractivity contribution in [2.75, 3.05) is 4.72 Å². The third-order valence-corrected chi connectivity index (χ3v) is 6.68. The summed E-state index contributed by atoms with van der Waals surface area (Å²) in [6.45, 7) is 0. The van der Waals surface area contributed by atoms with Crippen LogP contribution in [0.5, 0.6) is 0 Å². The number of nitrogens with zero attached hydrogens (tertiary/aromatic N) is 1. The van der Waals surface area contributed by atoms with Crippen LogP contribution in [0, 0.1) is 11.7 Å². The Hall–Kier alpha value is -2.34. The molecule has 8 nitrogen and oxygen atoms in total. The molecule has 0 spiro atoms. The fraction of sp³-hybridized carbons (Fsp3) is 0.300. The Kier molecular flexibility index (Phi) is 7.76. The summed E-state index contributed by atoms with van der Waals surface area (Å²) >= 11 is 3.05. The van der Waals surface area contributed by atoms with Crippen molar-refractivity contribution in [3.05, 3.63) is 58.8 Å². The topological polar surface area (TPSA) is 120 Å². The third kappa shape index (κ3) is 6.57. The van der Waals surface area contributed by atoms with E-state index in [-0.39, 0.29) is 22.1 Å². The van der Waals surface area contributed by atoms with E-state index in [0.717, 1.165) is 0 Å². The van der Waals surface area contributed by atoms with Crippen LogP contribution in [-0.4, -0.2) is 31.3 Å². The molecule has 0 radical (unpaired) electrons. The molecule has 0 aliphatic heterocycles. The number of ketones is 1. The van der Waals surface area contributed by atoms with Crippen molar-refractivity contribution in [2.45, 2.75) is 31.7 Å². The van der Waals surface area contributed by atoms with Crippen molar-refractivity contribution in [2.24, 2.45) is 10.9 Å². The van der Waals surface area contributed by atoms with E-state index in [1.807, 2.05) is 5.48 Å². The minimum Gasteiger partial charge on any atom is -0.290 e. The van der Waals surface area contributed by atoms with Crippen LogP contribution in [0.25, 0.3) is 0 Å². The largest absolute Gasteiger partial charge is 0.299 e. The van der Waals surface area contributed by atoms with Gasteiger partial charge >= 0.3 is 0 Å². The summed E-state index contributed by atoms with van der Waals surface area (Å²) in [5.41, 5.74) is 2.59. The predicted molar refractivity (Wildman–Crippen MR) is 119 cm³/mol. The minimum absolute atomic E-state index is 0.190. The SMILES string of the molecule is O=C(C(=Nc1ccc(F)c(Br)c1)NO)C1CCC(NS(=O)(=O)Nc2ccccc2)CC1. The molecule has 0 saturated heterocycles. The van der Waals surface area contributed by atoms with E-state index in [1.165, 1.54) is 18.2 Å². The summed E-state index contributed by atoms with van der Waals surface area (Å²) in [5, 5.41) is 9.37. The highest BCUT2D eigenvalue weighted by Crippen LogP contribution is 2.27. The van der Waals surface area contributed by atoms with Crippen LogP contribution in [0.3, 0.4) is 0 Å². The molecule has 0 amide bonds. The average Bonchev–Trinajstić information content (AvgIpc) is 2.74. The van der Waals surface area contributed by atoms with E-state index in [1.54, 1.807) is 30.3 Å². The normalized spacial score (nSPS) is 19.6. The van der Waals surface area contributed by atoms with E-state index in [0.29, 0.717) is 37.1 Å². The van der Waals surface area contributed by atoms with Gasteiger partial charge in [0.05, 0.1) is 10.2 Å². The number of hydrogen-bond acceptors (Lipinski definition) is 5. The number of anilines is 1. The Labute approximate surface area is 188 Å². The molecule has 0 aromatic heterocycles. The van der Waals surface area contributed by atoms with Gasteiger partial charge in [-0.15, -0.1) is 0 Å². The molecule has 2 aromatic carbocycles. The molecule has 0 unspecified atom stereocenters. The zero-order valence-corrected chi connectivity index (χ0v) is 18.8. The fourth-order valence-corrected chi connectivity index (χ4v) is 4.94. The van der Waals surface area contributed by atoms with Crippen LogP contribution in [0.1, 0.15) is 25.7 Å². The molecule has 2 aromatic rings. The number of carbonyl (C=O) groups excluding carboxylic acids is 1. The zero-order chi connectivity index (χ0) is 22.4. The van der Waals surface area contributed by atoms with Crippen LogP contribution in [0.15, 0.2) is 58.0 Å². The highest BCUT2D eigenvalue weighted by molar-refractivity contribution is 9.10. The van der Waals surface area contributed by atoms with Crippen LogP contribution in [-0.2, 0) is 15.0 Å². The standard InChI is InChI=1S/C20H22BrFN4O4S/c21-17-12-16(10-11-18(17)22)23-20(24-28)19(27)13-6-8-15(9-7-13)26-31(29,30)25-14-4-2-1-3-5-14/h1-5,10-13,15,25-26,28H,6-9H2,(H,23,24). The number of hydroxylamine groups is 1. The van der Waals surface area contributed by atoms with Crippen molar-refractivity contribution in [3.8, 4) is 0 Å². The monoisotopic (exact) mass is 512 g/mol. The summed E-state index contributed by atoms with van der Waals surface area (Å²) in [5.74, 6) is -1.50. The van der Waals surface area contributed by atoms with Gasteiger partial charge in [0.1, 0.15) is 5.82 Å². The van der Waals surface area contributed by atoms with Gasteiger partial charge in [0.25, 0.3) is 10.2 Å². The molecule has 3 rings (SSSR count). The number of halogens is 2. The van der Waals surface area contributed by atoms with Crippen LogP contribution >= 0.6 is 15.9 Å². The van der Waals surface area contributed by atoms with Crippen molar-refractivity contribution in [1.82, 2.24) is 10.2 Å². The van der Waals surface area contributed by atoms with Gasteiger partial charge in [-0.05, 0) is 71.9 Å². The van der Waals surface area contributed by atoms with Crippen LogP contribution in [0.4, 0.5) is 15.8 Å². The van der Waals surface area contributed by atoms with E-state index in [9.17, 15) is 22.8 Å². The van der Waals surface area contributed by atoms with Gasteiger partial charge in [0.2, 0.25) is 5.78 Å². The molecule has 0 atom stereocenters. The lowest BCUT2D eigenvalue weighted by Gasteiger charge is -2.28. The smallest absolute Gasteiger partial charge is 0.290 e. The first-order valence-corrected chi connectivity index (χ1v) is 11.9. The Bertz CT molecular complexity index is 1060. The first kappa shape index (κ1) is 23.3. The number of rotatable bonds is 7. The maximum atomic E-state index is 13.4. The molecule has 11 heteroatoms. The maximum Gasteiger partial charge on any atom is 0.299 e. The predicted octanol–water partition coefficient (Wildman–Crippen LogP) is 3.67. The summed E-state index contributed by atoms with van der Waals surface area (Å²) in [7, 11) is -3.74. The number of nitrogens with one attached hydrogen (secondary N) is 3. The van der Waals surface area contributed by atoms with Crippen molar-refractivity contribution in [3.63, 3.8) is 0 Å². The second kappa shape index (κ2) is 10.3. The average molecular weight is 513 g/mol. The Morgan fingerprint density at radius 3 is 2.39 bits per heavy atom. The van der Waals surface area contributed by atoms with Gasteiger partial charge in [-0.1, -0.05) is 18.2 Å². The molecule has 166 valence electrons. The molecule has 31 heavy (non-hydrogen) atoms. The Balaban J connectivity index is 1.58. The Morgan fingerprint density at radius 1 is 1.10 bits per heavy atom. The molecule has 1 fully saturated rings. The zero-order valence-electron chi connectivity index (χ0n) is 16.4. The Morgan fingerprint density at radius 2 is 1.77 bits per heavy atom. The van der Waals surface area contributed by atoms with E-state index in [4.69, 9.17) is 0 Å². The first-order valence-electron chi connectivity index (χ1n) is 9.60. The summed E-state index contributed by atoms with van der Waals surface area (Å²) < 4.78 is 43.3. The van der Waals surface area contributed by atoms with E-state index < -0.39 is 21.9 Å². The highest BCUT2D eigenvalue weighted by Gasteiger charge is 2.31. The van der Waals surface area contributed by atoms with Gasteiger partial charge in [0, 0.05) is 17.6 Å².